The summed E-state index contributed by atoms with van der Waals surface area (Å²) in [5.41, 5.74) is 5.42. The summed E-state index contributed by atoms with van der Waals surface area (Å²) in [5.74, 6) is 0.558. The van der Waals surface area contributed by atoms with Crippen molar-refractivity contribution in [3.63, 3.8) is 0 Å². The van der Waals surface area contributed by atoms with E-state index in [0.717, 1.165) is 33.6 Å². The van der Waals surface area contributed by atoms with Gasteiger partial charge in [-0.25, -0.2) is 4.79 Å². The van der Waals surface area contributed by atoms with Gasteiger partial charge in [0.2, 0.25) is 0 Å². The highest BCUT2D eigenvalue weighted by Gasteiger charge is 2.21. The molecule has 0 saturated heterocycles. The van der Waals surface area contributed by atoms with Gasteiger partial charge < -0.3 is 9.47 Å². The first-order chi connectivity index (χ1) is 10.5. The van der Waals surface area contributed by atoms with Crippen LogP contribution in [0.5, 0.6) is 5.75 Å². The largest absolute Gasteiger partial charge is 0.496 e. The second-order valence-electron chi connectivity index (χ2n) is 5.47. The minimum absolute atomic E-state index is 0.280. The normalized spacial score (nSPS) is 10.4. The maximum Gasteiger partial charge on any atom is 0.339 e. The van der Waals surface area contributed by atoms with E-state index in [0.29, 0.717) is 5.56 Å². The fourth-order valence-corrected chi connectivity index (χ4v) is 2.69. The van der Waals surface area contributed by atoms with Gasteiger partial charge in [0.05, 0.1) is 12.7 Å². The Bertz CT molecular complexity index is 659. The molecule has 0 aliphatic rings. The zero-order valence-electron chi connectivity index (χ0n) is 13.8. The van der Waals surface area contributed by atoms with Gasteiger partial charge in [0.1, 0.15) is 12.4 Å². The van der Waals surface area contributed by atoms with Gasteiger partial charge in [0.15, 0.2) is 0 Å². The Labute approximate surface area is 131 Å². The molecule has 0 spiro atoms. The van der Waals surface area contributed by atoms with E-state index in [-0.39, 0.29) is 12.6 Å². The van der Waals surface area contributed by atoms with Crippen LogP contribution in [0.4, 0.5) is 0 Å². The lowest BCUT2D eigenvalue weighted by atomic mass is 9.93. The van der Waals surface area contributed by atoms with E-state index in [9.17, 15) is 4.79 Å². The van der Waals surface area contributed by atoms with Crippen LogP contribution in [-0.4, -0.2) is 13.1 Å². The quantitative estimate of drug-likeness (QED) is 0.790. The fraction of sp³-hybridized carbons (Fsp3) is 0.316. The van der Waals surface area contributed by atoms with Gasteiger partial charge in [0.25, 0.3) is 0 Å². The lowest BCUT2D eigenvalue weighted by Crippen LogP contribution is -2.12. The molecule has 2 aromatic rings. The zero-order valence-corrected chi connectivity index (χ0v) is 13.8. The Balaban J connectivity index is 2.30. The Morgan fingerprint density at radius 3 is 1.95 bits per heavy atom. The first kappa shape index (κ1) is 16.1. The van der Waals surface area contributed by atoms with Gasteiger partial charge in [0, 0.05) is 0 Å². The molecule has 0 amide bonds. The predicted octanol–water partition coefficient (Wildman–Crippen LogP) is 4.29. The minimum Gasteiger partial charge on any atom is -0.496 e. The van der Waals surface area contributed by atoms with E-state index in [1.165, 1.54) is 0 Å². The molecule has 2 aromatic carbocycles. The molecule has 3 heteroatoms. The molecular weight excluding hydrogens is 276 g/mol. The summed E-state index contributed by atoms with van der Waals surface area (Å²) in [7, 11) is 1.65. The van der Waals surface area contributed by atoms with Gasteiger partial charge in [-0.15, -0.1) is 0 Å². The highest BCUT2D eigenvalue weighted by Crippen LogP contribution is 2.32. The number of esters is 1. The van der Waals surface area contributed by atoms with Crippen LogP contribution in [-0.2, 0) is 11.3 Å². The second kappa shape index (κ2) is 6.65. The van der Waals surface area contributed by atoms with E-state index in [2.05, 4.69) is 0 Å². The van der Waals surface area contributed by atoms with Gasteiger partial charge in [-0.2, -0.15) is 0 Å². The third kappa shape index (κ3) is 2.98. The number of ether oxygens (including phenoxy) is 2. The molecule has 0 aromatic heterocycles. The van der Waals surface area contributed by atoms with Crippen molar-refractivity contribution in [1.29, 1.82) is 0 Å². The standard InChI is InChI=1S/C19H22O3/c1-12-14(3)18(21-5)15(4)13(2)17(12)19(20)22-11-16-9-7-6-8-10-16/h6-10H,11H2,1-5H3. The number of benzene rings is 2. The average Bonchev–Trinajstić information content (AvgIpc) is 2.53. The van der Waals surface area contributed by atoms with Gasteiger partial charge >= 0.3 is 5.97 Å². The van der Waals surface area contributed by atoms with Crippen molar-refractivity contribution in [1.82, 2.24) is 0 Å². The molecule has 116 valence electrons. The van der Waals surface area contributed by atoms with E-state index < -0.39 is 0 Å². The minimum atomic E-state index is -0.285. The van der Waals surface area contributed by atoms with Gasteiger partial charge in [-0.1, -0.05) is 30.3 Å². The number of carbonyl (C=O) groups excluding carboxylic acids is 1. The molecule has 0 atom stereocenters. The molecule has 0 fully saturated rings. The molecule has 0 heterocycles. The SMILES string of the molecule is COc1c(C)c(C)c(C(=O)OCc2ccccc2)c(C)c1C. The summed E-state index contributed by atoms with van der Waals surface area (Å²) in [5, 5.41) is 0. The maximum atomic E-state index is 12.5. The van der Waals surface area contributed by atoms with Crippen LogP contribution in [0.2, 0.25) is 0 Å². The molecule has 0 radical (unpaired) electrons. The molecule has 0 aliphatic carbocycles. The van der Waals surface area contributed by atoms with Crippen LogP contribution >= 0.6 is 0 Å². The molecular formula is C19H22O3. The smallest absolute Gasteiger partial charge is 0.339 e. The topological polar surface area (TPSA) is 35.5 Å². The van der Waals surface area contributed by atoms with Crippen molar-refractivity contribution in [2.45, 2.75) is 34.3 Å². The van der Waals surface area contributed by atoms with E-state index in [1.54, 1.807) is 7.11 Å². The lowest BCUT2D eigenvalue weighted by molar-refractivity contribution is 0.0470. The fourth-order valence-electron chi connectivity index (χ4n) is 2.69. The third-order valence-corrected chi connectivity index (χ3v) is 4.18. The van der Waals surface area contributed by atoms with Crippen LogP contribution in [0.15, 0.2) is 30.3 Å². The highest BCUT2D eigenvalue weighted by molar-refractivity contribution is 5.94. The van der Waals surface area contributed by atoms with Crippen LogP contribution in [0.1, 0.15) is 38.2 Å². The summed E-state index contributed by atoms with van der Waals surface area (Å²) in [4.78, 5) is 12.5. The zero-order chi connectivity index (χ0) is 16.3. The third-order valence-electron chi connectivity index (χ3n) is 4.18. The summed E-state index contributed by atoms with van der Waals surface area (Å²) in [6.45, 7) is 8.08. The van der Waals surface area contributed by atoms with E-state index >= 15 is 0 Å². The molecule has 3 nitrogen and oxygen atoms in total. The van der Waals surface area contributed by atoms with Gasteiger partial charge in [-0.05, 0) is 55.5 Å². The second-order valence-corrected chi connectivity index (χ2v) is 5.47. The van der Waals surface area contributed by atoms with Crippen LogP contribution in [0, 0.1) is 27.7 Å². The Kier molecular flexibility index (Phi) is 4.86. The van der Waals surface area contributed by atoms with Crippen molar-refractivity contribution in [2.24, 2.45) is 0 Å². The molecule has 22 heavy (non-hydrogen) atoms. The summed E-state index contributed by atoms with van der Waals surface area (Å²) in [6.07, 6.45) is 0. The first-order valence-corrected chi connectivity index (χ1v) is 7.32. The monoisotopic (exact) mass is 298 g/mol. The Hall–Kier alpha value is -2.29. The number of hydrogen-bond acceptors (Lipinski definition) is 3. The lowest BCUT2D eigenvalue weighted by Gasteiger charge is -2.18. The Morgan fingerprint density at radius 2 is 1.45 bits per heavy atom. The summed E-state index contributed by atoms with van der Waals surface area (Å²) in [6, 6.07) is 9.69. The first-order valence-electron chi connectivity index (χ1n) is 7.32. The molecule has 0 N–H and O–H groups in total. The molecule has 0 unspecified atom stereocenters. The number of methoxy groups -OCH3 is 1. The highest BCUT2D eigenvalue weighted by atomic mass is 16.5. The molecule has 0 saturated carbocycles. The number of hydrogen-bond donors (Lipinski definition) is 0. The molecule has 2 rings (SSSR count). The van der Waals surface area contributed by atoms with Crippen LogP contribution < -0.4 is 4.74 Å². The van der Waals surface area contributed by atoms with E-state index in [4.69, 9.17) is 9.47 Å². The Morgan fingerprint density at radius 1 is 0.909 bits per heavy atom. The van der Waals surface area contributed by atoms with Crippen molar-refractivity contribution >= 4 is 5.97 Å². The maximum absolute atomic E-state index is 12.5. The van der Waals surface area contributed by atoms with Crippen LogP contribution in [0.25, 0.3) is 0 Å². The molecule has 0 bridgehead atoms. The average molecular weight is 298 g/mol. The number of carbonyl (C=O) groups is 1. The number of rotatable bonds is 4. The summed E-state index contributed by atoms with van der Waals surface area (Å²) < 4.78 is 10.9. The van der Waals surface area contributed by atoms with Crippen molar-refractivity contribution < 1.29 is 14.3 Å². The van der Waals surface area contributed by atoms with Crippen molar-refractivity contribution in [3.05, 3.63) is 63.7 Å². The summed E-state index contributed by atoms with van der Waals surface area (Å²) >= 11 is 0. The van der Waals surface area contributed by atoms with Crippen molar-refractivity contribution in [2.75, 3.05) is 7.11 Å². The predicted molar refractivity (Wildman–Crippen MR) is 87.5 cm³/mol. The van der Waals surface area contributed by atoms with Gasteiger partial charge in [-0.3, -0.25) is 0 Å². The van der Waals surface area contributed by atoms with E-state index in [1.807, 2.05) is 58.0 Å². The van der Waals surface area contributed by atoms with Crippen LogP contribution in [0.3, 0.4) is 0 Å². The van der Waals surface area contributed by atoms with Crippen molar-refractivity contribution in [3.8, 4) is 5.75 Å². The molecule has 0 aliphatic heterocycles.